The third-order valence-electron chi connectivity index (χ3n) is 3.31. The molecule has 2 aromatic rings. The van der Waals surface area contributed by atoms with E-state index in [-0.39, 0.29) is 5.82 Å². The van der Waals surface area contributed by atoms with Gasteiger partial charge >= 0.3 is 0 Å². The van der Waals surface area contributed by atoms with Crippen molar-refractivity contribution in [2.75, 3.05) is 23.8 Å². The fourth-order valence-corrected chi connectivity index (χ4v) is 2.78. The van der Waals surface area contributed by atoms with E-state index in [2.05, 4.69) is 25.9 Å². The summed E-state index contributed by atoms with van der Waals surface area (Å²) in [5.74, 6) is 0.107. The van der Waals surface area contributed by atoms with Gasteiger partial charge in [-0.3, -0.25) is 0 Å². The van der Waals surface area contributed by atoms with Gasteiger partial charge in [0.1, 0.15) is 5.82 Å². The molecule has 1 aliphatic rings. The van der Waals surface area contributed by atoms with Gasteiger partial charge in [0.2, 0.25) is 5.95 Å². The number of halogens is 2. The van der Waals surface area contributed by atoms with Crippen LogP contribution in [0.1, 0.15) is 19.3 Å². The minimum atomic E-state index is -0.314. The SMILES string of the molecule is Nc1nc2cc(F)c(Br)cc2n1N1CCCCC1. The highest BCUT2D eigenvalue weighted by Gasteiger charge is 2.18. The molecule has 0 radical (unpaired) electrons. The number of nitrogens with two attached hydrogens (primary N) is 1. The molecule has 6 heteroatoms. The molecule has 0 amide bonds. The Hall–Kier alpha value is -1.30. The third-order valence-corrected chi connectivity index (χ3v) is 3.92. The second kappa shape index (κ2) is 4.42. The fraction of sp³-hybridized carbons (Fsp3) is 0.417. The minimum Gasteiger partial charge on any atom is -0.368 e. The summed E-state index contributed by atoms with van der Waals surface area (Å²) in [5.41, 5.74) is 7.40. The maximum atomic E-state index is 13.5. The Labute approximate surface area is 113 Å². The van der Waals surface area contributed by atoms with Gasteiger partial charge in [0.15, 0.2) is 0 Å². The van der Waals surface area contributed by atoms with Crippen molar-refractivity contribution in [1.82, 2.24) is 9.66 Å². The van der Waals surface area contributed by atoms with Crippen LogP contribution >= 0.6 is 15.9 Å². The highest BCUT2D eigenvalue weighted by molar-refractivity contribution is 9.10. The van der Waals surface area contributed by atoms with Crippen molar-refractivity contribution in [2.45, 2.75) is 19.3 Å². The number of anilines is 1. The molecule has 18 heavy (non-hydrogen) atoms. The Morgan fingerprint density at radius 1 is 1.22 bits per heavy atom. The maximum absolute atomic E-state index is 13.5. The molecule has 1 fully saturated rings. The van der Waals surface area contributed by atoms with Gasteiger partial charge in [0.25, 0.3) is 0 Å². The number of fused-ring (bicyclic) bond motifs is 1. The summed E-state index contributed by atoms with van der Waals surface area (Å²) in [7, 11) is 0. The number of piperidine rings is 1. The Morgan fingerprint density at radius 2 is 1.94 bits per heavy atom. The highest BCUT2D eigenvalue weighted by atomic mass is 79.9. The van der Waals surface area contributed by atoms with Gasteiger partial charge in [0, 0.05) is 19.2 Å². The van der Waals surface area contributed by atoms with Crippen LogP contribution in [0.25, 0.3) is 11.0 Å². The van der Waals surface area contributed by atoms with Crippen LogP contribution in [0.4, 0.5) is 10.3 Å². The van der Waals surface area contributed by atoms with Crippen molar-refractivity contribution < 1.29 is 4.39 Å². The normalized spacial score (nSPS) is 16.4. The first-order chi connectivity index (χ1) is 8.66. The summed E-state index contributed by atoms with van der Waals surface area (Å²) in [6, 6.07) is 3.15. The highest BCUT2D eigenvalue weighted by Crippen LogP contribution is 2.26. The Bertz CT molecular complexity index is 589. The average Bonchev–Trinajstić information content (AvgIpc) is 2.66. The molecule has 2 N–H and O–H groups in total. The van der Waals surface area contributed by atoms with Gasteiger partial charge in [-0.25, -0.2) is 14.1 Å². The molecule has 0 spiro atoms. The van der Waals surface area contributed by atoms with Crippen LogP contribution in [0.15, 0.2) is 16.6 Å². The van der Waals surface area contributed by atoms with Crippen molar-refractivity contribution in [3.63, 3.8) is 0 Å². The molecule has 1 aliphatic heterocycles. The van der Waals surface area contributed by atoms with E-state index in [1.807, 2.05) is 4.68 Å². The summed E-state index contributed by atoms with van der Waals surface area (Å²) in [6.07, 6.45) is 3.56. The Balaban J connectivity index is 2.15. The Morgan fingerprint density at radius 3 is 2.67 bits per heavy atom. The van der Waals surface area contributed by atoms with E-state index < -0.39 is 0 Å². The summed E-state index contributed by atoms with van der Waals surface area (Å²) >= 11 is 3.21. The van der Waals surface area contributed by atoms with Crippen LogP contribution in [0, 0.1) is 5.82 Å². The third kappa shape index (κ3) is 1.84. The van der Waals surface area contributed by atoms with E-state index >= 15 is 0 Å². The van der Waals surface area contributed by atoms with Gasteiger partial charge in [0.05, 0.1) is 15.5 Å². The topological polar surface area (TPSA) is 47.1 Å². The molecule has 1 saturated heterocycles. The van der Waals surface area contributed by atoms with Crippen LogP contribution in [0.3, 0.4) is 0 Å². The summed E-state index contributed by atoms with van der Waals surface area (Å²) in [6.45, 7) is 1.93. The summed E-state index contributed by atoms with van der Waals surface area (Å²) in [5, 5.41) is 2.18. The molecule has 2 heterocycles. The molecule has 0 bridgehead atoms. The number of nitrogen functional groups attached to an aromatic ring is 1. The molecular weight excluding hydrogens is 299 g/mol. The van der Waals surface area contributed by atoms with Crippen LogP contribution in [0.5, 0.6) is 0 Å². The first-order valence-corrected chi connectivity index (χ1v) is 6.84. The standard InChI is InChI=1S/C12H14BrFN4/c13-8-6-11-10(7-9(8)14)16-12(15)18(11)17-4-2-1-3-5-17/h6-7H,1-5H2,(H2,15,16). The van der Waals surface area contributed by atoms with Crippen LogP contribution in [0.2, 0.25) is 0 Å². The number of aromatic nitrogens is 2. The second-order valence-electron chi connectivity index (χ2n) is 4.55. The quantitative estimate of drug-likeness (QED) is 0.880. The molecule has 96 valence electrons. The van der Waals surface area contributed by atoms with E-state index in [1.54, 1.807) is 6.07 Å². The first-order valence-electron chi connectivity index (χ1n) is 6.05. The molecule has 0 atom stereocenters. The van der Waals surface area contributed by atoms with Crippen LogP contribution in [-0.2, 0) is 0 Å². The van der Waals surface area contributed by atoms with Gasteiger partial charge in [-0.2, -0.15) is 0 Å². The lowest BCUT2D eigenvalue weighted by Crippen LogP contribution is -2.39. The summed E-state index contributed by atoms with van der Waals surface area (Å²) in [4.78, 5) is 4.23. The van der Waals surface area contributed by atoms with E-state index in [0.29, 0.717) is 15.9 Å². The molecule has 3 rings (SSSR count). The predicted molar refractivity (Wildman–Crippen MR) is 73.6 cm³/mol. The molecule has 0 aliphatic carbocycles. The molecular formula is C12H14BrFN4. The monoisotopic (exact) mass is 312 g/mol. The molecule has 0 unspecified atom stereocenters. The zero-order valence-electron chi connectivity index (χ0n) is 9.87. The largest absolute Gasteiger partial charge is 0.368 e. The number of hydrogen-bond acceptors (Lipinski definition) is 3. The number of hydrogen-bond donors (Lipinski definition) is 1. The van der Waals surface area contributed by atoms with Crippen molar-refractivity contribution in [1.29, 1.82) is 0 Å². The second-order valence-corrected chi connectivity index (χ2v) is 5.41. The summed E-state index contributed by atoms with van der Waals surface area (Å²) < 4.78 is 15.8. The van der Waals surface area contributed by atoms with Crippen molar-refractivity contribution >= 4 is 32.9 Å². The lowest BCUT2D eigenvalue weighted by molar-refractivity contribution is 0.489. The van der Waals surface area contributed by atoms with Crippen molar-refractivity contribution in [2.24, 2.45) is 0 Å². The maximum Gasteiger partial charge on any atom is 0.220 e. The van der Waals surface area contributed by atoms with Gasteiger partial charge in [-0.05, 0) is 41.3 Å². The number of rotatable bonds is 1. The van der Waals surface area contributed by atoms with E-state index in [0.717, 1.165) is 31.4 Å². The van der Waals surface area contributed by atoms with Crippen molar-refractivity contribution in [3.05, 3.63) is 22.4 Å². The van der Waals surface area contributed by atoms with E-state index in [1.165, 1.54) is 12.5 Å². The van der Waals surface area contributed by atoms with Crippen LogP contribution in [-0.4, -0.2) is 22.7 Å². The lowest BCUT2D eigenvalue weighted by Gasteiger charge is -2.30. The van der Waals surface area contributed by atoms with Gasteiger partial charge < -0.3 is 10.7 Å². The molecule has 1 aromatic carbocycles. The van der Waals surface area contributed by atoms with Gasteiger partial charge in [-0.1, -0.05) is 0 Å². The number of imidazole rings is 1. The lowest BCUT2D eigenvalue weighted by atomic mass is 10.2. The predicted octanol–water partition coefficient (Wildman–Crippen LogP) is 2.64. The van der Waals surface area contributed by atoms with Gasteiger partial charge in [-0.15, -0.1) is 0 Å². The average molecular weight is 313 g/mol. The molecule has 1 aromatic heterocycles. The zero-order chi connectivity index (χ0) is 12.7. The van der Waals surface area contributed by atoms with E-state index in [4.69, 9.17) is 5.73 Å². The van der Waals surface area contributed by atoms with Crippen LogP contribution < -0.4 is 10.7 Å². The fourth-order valence-electron chi connectivity index (χ4n) is 2.45. The Kier molecular flexibility index (Phi) is 2.89. The van der Waals surface area contributed by atoms with Crippen molar-refractivity contribution in [3.8, 4) is 0 Å². The van der Waals surface area contributed by atoms with E-state index in [9.17, 15) is 4.39 Å². The minimum absolute atomic E-state index is 0.314. The number of benzene rings is 1. The molecule has 4 nitrogen and oxygen atoms in total. The zero-order valence-corrected chi connectivity index (χ0v) is 11.5. The number of nitrogens with zero attached hydrogens (tertiary/aromatic N) is 3. The first kappa shape index (κ1) is 11.8. The molecule has 0 saturated carbocycles. The smallest absolute Gasteiger partial charge is 0.220 e.